The van der Waals surface area contributed by atoms with E-state index >= 15 is 0 Å². The third-order valence-electron chi connectivity index (χ3n) is 22.9. The molecule has 4 aromatic carbocycles. The van der Waals surface area contributed by atoms with Gasteiger partial charge in [-0.15, -0.1) is 10.2 Å². The van der Waals surface area contributed by atoms with E-state index in [1.165, 1.54) is 18.2 Å². The molecule has 8 aliphatic heterocycles. The SMILES string of the molecule is NCCCOCCN1CCN(c2cccc(-c3cnc4ccc(N5CCC[C@@H]5c5cccc(F)c5)nn34)n2)CC1.O=C1CCC(N2C(=O)c3ccc(F)cc3C2=O)C(=O)N1.O=C1CCC(N2C(=O)c3ccc(NCCCOCCN4CCN(c5cccc(-c6cnc7ccc(N8CCC[C@@H]8c8cccc(F)c8)nn67)n5)CC4)cc3C2=O)C(=O)N1. The van der Waals surface area contributed by atoms with E-state index in [9.17, 15) is 51.5 Å². The summed E-state index contributed by atoms with van der Waals surface area (Å²) in [5.41, 5.74) is 13.5. The lowest BCUT2D eigenvalue weighted by molar-refractivity contribution is -0.137. The Labute approximate surface area is 683 Å². The lowest BCUT2D eigenvalue weighted by Gasteiger charge is -2.35. The molecular formula is C86H91F3N20O10. The second-order valence-corrected chi connectivity index (χ2v) is 30.4. The van der Waals surface area contributed by atoms with Crippen LogP contribution in [0.3, 0.4) is 0 Å². The van der Waals surface area contributed by atoms with E-state index in [1.54, 1.807) is 42.5 Å². The molecule has 2 unspecified atom stereocenters. The Balaban J connectivity index is 0.000000150. The Kier molecular flexibility index (Phi) is 24.4. The zero-order valence-corrected chi connectivity index (χ0v) is 65.6. The van der Waals surface area contributed by atoms with Crippen LogP contribution in [-0.4, -0.2) is 236 Å². The highest BCUT2D eigenvalue weighted by atomic mass is 19.1. The van der Waals surface area contributed by atoms with Crippen molar-refractivity contribution in [2.24, 2.45) is 5.73 Å². The first-order valence-electron chi connectivity index (χ1n) is 40.6. The maximum absolute atomic E-state index is 14.1. The molecule has 5 N–H and O–H groups in total. The third-order valence-corrected chi connectivity index (χ3v) is 22.9. The highest BCUT2D eigenvalue weighted by molar-refractivity contribution is 6.24. The Morgan fingerprint density at radius 1 is 0.437 bits per heavy atom. The first-order chi connectivity index (χ1) is 58.0. The van der Waals surface area contributed by atoms with Crippen LogP contribution in [0.1, 0.15) is 129 Å². The number of ether oxygens (including phenoxy) is 2. The lowest BCUT2D eigenvalue weighted by atomic mass is 10.0. The number of imidazole rings is 2. The fourth-order valence-corrected chi connectivity index (χ4v) is 16.7. The van der Waals surface area contributed by atoms with Crippen molar-refractivity contribution in [3.8, 4) is 22.8 Å². The van der Waals surface area contributed by atoms with Crippen molar-refractivity contribution in [1.29, 1.82) is 0 Å². The van der Waals surface area contributed by atoms with Crippen molar-refractivity contribution in [2.75, 3.05) is 143 Å². The number of nitrogens with zero attached hydrogens (tertiary/aromatic N) is 16. The number of benzene rings is 4. The van der Waals surface area contributed by atoms with Crippen molar-refractivity contribution in [3.05, 3.63) is 209 Å². The number of hydrogen-bond acceptors (Lipinski definition) is 24. The van der Waals surface area contributed by atoms with Crippen molar-refractivity contribution < 1.29 is 61.0 Å². The average molecular weight is 1620 g/mol. The lowest BCUT2D eigenvalue weighted by Crippen LogP contribution is -2.54. The molecule has 616 valence electrons. The number of piperidine rings is 2. The van der Waals surface area contributed by atoms with E-state index in [-0.39, 0.29) is 71.7 Å². The molecule has 0 saturated carbocycles. The van der Waals surface area contributed by atoms with Gasteiger partial charge in [-0.25, -0.2) is 42.1 Å². The topological polar surface area (TPSA) is 329 Å². The van der Waals surface area contributed by atoms with E-state index in [2.05, 4.69) is 67.5 Å². The summed E-state index contributed by atoms with van der Waals surface area (Å²) in [5, 5.41) is 17.6. The minimum Gasteiger partial charge on any atom is -0.385 e. The standard InChI is InChI=1S/C43H45FN10O5.C30H37FN8O.C13H9FN2O4/c44-29-6-1-5-28(25-29)34-8-3-17-52(34)39-14-13-37-46-27-36(54(37)49-39)33-7-2-9-38(47-33)51-20-18-50(19-21-51)22-24-59-23-4-16-45-30-10-11-31-32(26-30)43(58)53(42(31)57)35-12-15-40(55)48-41(35)56;31-24-6-1-5-23(21-24)26-8-3-13-38(26)30-11-10-28-33-22-27(39(28)35-30)25-7-2-9-29(34-25)37-16-14-36(15-17-37)18-20-40-19-4-12-32;14-6-1-2-7-8(5-6)13(20)16(12(7)19)9-3-4-10(17)15-11(9)18/h1-2,5-7,9-11,13-14,25-27,34-35,45H,3-4,8,12,15-24H2,(H,48,55,56);1-2,5-7,9-11,21-22,26H,3-4,8,12-20,32H2;1-2,5,9H,3-4H2,(H,15,17,18)/t34-,35?;26-;/m11./s1. The minimum atomic E-state index is -1.02. The van der Waals surface area contributed by atoms with Gasteiger partial charge in [0.2, 0.25) is 23.6 Å². The van der Waals surface area contributed by atoms with Crippen LogP contribution in [0.15, 0.2) is 158 Å². The fourth-order valence-electron chi connectivity index (χ4n) is 16.7. The summed E-state index contributed by atoms with van der Waals surface area (Å²) in [6, 6.07) is 40.4. The maximum atomic E-state index is 14.1. The molecule has 6 aromatic heterocycles. The zero-order valence-electron chi connectivity index (χ0n) is 65.6. The number of imide groups is 4. The minimum absolute atomic E-state index is 0.0537. The molecule has 18 rings (SSSR count). The molecule has 6 saturated heterocycles. The molecule has 33 heteroatoms. The molecular weight excluding hydrogens is 1530 g/mol. The Morgan fingerprint density at radius 3 is 1.37 bits per heavy atom. The molecule has 14 heterocycles. The summed E-state index contributed by atoms with van der Waals surface area (Å²) in [7, 11) is 0. The molecule has 30 nitrogen and oxygen atoms in total. The molecule has 0 aliphatic carbocycles. The van der Waals surface area contributed by atoms with E-state index < -0.39 is 65.2 Å². The van der Waals surface area contributed by atoms with Crippen LogP contribution in [0.5, 0.6) is 0 Å². The Morgan fingerprint density at radius 2 is 0.891 bits per heavy atom. The average Bonchev–Trinajstić information content (AvgIpc) is 1.54. The van der Waals surface area contributed by atoms with Crippen molar-refractivity contribution >= 4 is 87.5 Å². The van der Waals surface area contributed by atoms with Crippen LogP contribution in [0.25, 0.3) is 34.1 Å². The Hall–Kier alpha value is -12.4. The number of rotatable bonds is 24. The quantitative estimate of drug-likeness (QED) is 0.0326. The van der Waals surface area contributed by atoms with Crippen LogP contribution in [0, 0.1) is 17.5 Å². The fraction of sp³-hybridized carbons (Fsp3) is 0.372. The number of fused-ring (bicyclic) bond motifs is 4. The zero-order chi connectivity index (χ0) is 82.2. The van der Waals surface area contributed by atoms with Gasteiger partial charge >= 0.3 is 0 Å². The van der Waals surface area contributed by atoms with Crippen LogP contribution >= 0.6 is 0 Å². The van der Waals surface area contributed by atoms with Crippen LogP contribution in [0.2, 0.25) is 0 Å². The molecule has 4 atom stereocenters. The first kappa shape index (κ1) is 80.4. The summed E-state index contributed by atoms with van der Waals surface area (Å²) in [6.45, 7) is 14.7. The number of anilines is 5. The molecule has 6 fully saturated rings. The number of nitrogens with one attached hydrogen (secondary N) is 3. The maximum Gasteiger partial charge on any atom is 0.262 e. The van der Waals surface area contributed by atoms with E-state index in [0.717, 1.165) is 221 Å². The van der Waals surface area contributed by atoms with Gasteiger partial charge in [-0.1, -0.05) is 36.4 Å². The van der Waals surface area contributed by atoms with Gasteiger partial charge in [0.25, 0.3) is 23.6 Å². The number of aromatic nitrogens is 8. The van der Waals surface area contributed by atoms with E-state index in [1.807, 2.05) is 82.1 Å². The number of halogens is 3. The van der Waals surface area contributed by atoms with E-state index in [0.29, 0.717) is 32.0 Å². The van der Waals surface area contributed by atoms with Crippen molar-refractivity contribution in [2.45, 2.75) is 88.4 Å². The van der Waals surface area contributed by atoms with Gasteiger partial charge in [0.15, 0.2) is 11.3 Å². The highest BCUT2D eigenvalue weighted by Crippen LogP contribution is 2.39. The van der Waals surface area contributed by atoms with Crippen LogP contribution < -0.4 is 41.3 Å². The number of piperazine rings is 2. The Bertz CT molecular complexity index is 5480. The number of amides is 8. The van der Waals surface area contributed by atoms with Crippen LogP contribution in [-0.2, 0) is 28.7 Å². The van der Waals surface area contributed by atoms with Gasteiger partial charge in [0.1, 0.15) is 64.2 Å². The second kappa shape index (κ2) is 36.2. The number of hydrogen-bond donors (Lipinski definition) is 4. The molecule has 10 aromatic rings. The first-order valence-corrected chi connectivity index (χ1v) is 40.6. The predicted octanol–water partition coefficient (Wildman–Crippen LogP) is 8.30. The summed E-state index contributed by atoms with van der Waals surface area (Å²) >= 11 is 0. The van der Waals surface area contributed by atoms with Gasteiger partial charge in [0.05, 0.1) is 71.3 Å². The summed E-state index contributed by atoms with van der Waals surface area (Å²) < 4.78 is 56.6. The highest BCUT2D eigenvalue weighted by Gasteiger charge is 2.47. The van der Waals surface area contributed by atoms with Gasteiger partial charge in [-0.3, -0.25) is 68.6 Å². The number of carbonyl (C=O) groups is 8. The molecule has 119 heavy (non-hydrogen) atoms. The third kappa shape index (κ3) is 17.8. The predicted molar refractivity (Wildman–Crippen MR) is 436 cm³/mol. The normalized spacial score (nSPS) is 19.7. The summed E-state index contributed by atoms with van der Waals surface area (Å²) in [4.78, 5) is 132. The second-order valence-electron chi connectivity index (χ2n) is 30.4. The summed E-state index contributed by atoms with van der Waals surface area (Å²) in [6.07, 6.45) is 9.61. The van der Waals surface area contributed by atoms with Gasteiger partial charge < -0.3 is 40.1 Å². The molecule has 0 spiro atoms. The monoisotopic (exact) mass is 1620 g/mol. The molecule has 0 radical (unpaired) electrons. The number of nitrogens with two attached hydrogens (primary N) is 1. The summed E-state index contributed by atoms with van der Waals surface area (Å²) in [5.74, 6) is -2.04. The van der Waals surface area contributed by atoms with Gasteiger partial charge in [-0.2, -0.15) is 0 Å². The van der Waals surface area contributed by atoms with Gasteiger partial charge in [-0.05, 0) is 178 Å². The number of pyridine rings is 2. The number of carbonyl (C=O) groups excluding carboxylic acids is 8. The van der Waals surface area contributed by atoms with Crippen molar-refractivity contribution in [1.82, 2.24) is 69.4 Å². The smallest absolute Gasteiger partial charge is 0.262 e. The van der Waals surface area contributed by atoms with Crippen molar-refractivity contribution in [3.63, 3.8) is 0 Å². The van der Waals surface area contributed by atoms with Gasteiger partial charge in [0, 0.05) is 117 Å². The molecule has 8 amide bonds. The molecule has 0 bridgehead atoms. The largest absolute Gasteiger partial charge is 0.385 e. The molecule has 8 aliphatic rings. The van der Waals surface area contributed by atoms with Crippen LogP contribution in [0.4, 0.5) is 42.1 Å². The van der Waals surface area contributed by atoms with E-state index in [4.69, 9.17) is 35.4 Å².